The van der Waals surface area contributed by atoms with Crippen LogP contribution in [-0.2, 0) is 0 Å². The quantitative estimate of drug-likeness (QED) is 0.211. The number of hydrogen-bond donors (Lipinski definition) is 0. The van der Waals surface area contributed by atoms with E-state index in [-0.39, 0.29) is 0 Å². The highest BCUT2D eigenvalue weighted by atomic mass is 16.5. The molecule has 35 heavy (non-hydrogen) atoms. The fraction of sp³-hybridized carbons (Fsp3) is 0.515. The van der Waals surface area contributed by atoms with Gasteiger partial charge in [0.25, 0.3) is 0 Å². The molecule has 2 rings (SSSR count). The lowest BCUT2D eigenvalue weighted by molar-refractivity contribution is 0.233. The van der Waals surface area contributed by atoms with Gasteiger partial charge in [0.2, 0.25) is 0 Å². The standard InChI is InChI=1S/C33H48O2/c1-6-10-14-28(8-3)25-34-32-21-17-30(18-22-32)16-12-13-27(5)31-19-23-33(24-20-31)35-26-29(9-4)15-11-7-2/h12-13,16-24,28-29H,6-11,14-15,25-26H2,1-5H3. The molecule has 2 nitrogen and oxygen atoms in total. The molecular formula is C33H48O2. The van der Waals surface area contributed by atoms with Crippen LogP contribution in [0.1, 0.15) is 97.1 Å². The highest BCUT2D eigenvalue weighted by Gasteiger charge is 2.08. The lowest BCUT2D eigenvalue weighted by Crippen LogP contribution is -2.11. The zero-order valence-corrected chi connectivity index (χ0v) is 22.9. The SMILES string of the molecule is CCCCC(CC)COc1ccc(C=CC=C(C)c2ccc(OCC(CC)CCCC)cc2)cc1. The highest BCUT2D eigenvalue weighted by molar-refractivity contribution is 5.67. The van der Waals surface area contributed by atoms with Crippen molar-refractivity contribution in [2.75, 3.05) is 13.2 Å². The maximum atomic E-state index is 6.05. The van der Waals surface area contributed by atoms with Crippen LogP contribution in [0.15, 0.2) is 60.7 Å². The van der Waals surface area contributed by atoms with Gasteiger partial charge < -0.3 is 9.47 Å². The van der Waals surface area contributed by atoms with Gasteiger partial charge in [0.1, 0.15) is 11.5 Å². The van der Waals surface area contributed by atoms with Gasteiger partial charge >= 0.3 is 0 Å². The highest BCUT2D eigenvalue weighted by Crippen LogP contribution is 2.21. The number of hydrogen-bond acceptors (Lipinski definition) is 2. The molecule has 0 aliphatic heterocycles. The summed E-state index contributed by atoms with van der Waals surface area (Å²) >= 11 is 0. The van der Waals surface area contributed by atoms with E-state index in [0.29, 0.717) is 11.8 Å². The van der Waals surface area contributed by atoms with Gasteiger partial charge in [0.05, 0.1) is 13.2 Å². The van der Waals surface area contributed by atoms with Crippen LogP contribution >= 0.6 is 0 Å². The van der Waals surface area contributed by atoms with Crippen LogP contribution in [0.2, 0.25) is 0 Å². The van der Waals surface area contributed by atoms with Gasteiger partial charge in [-0.2, -0.15) is 0 Å². The fourth-order valence-corrected chi connectivity index (χ4v) is 4.11. The monoisotopic (exact) mass is 476 g/mol. The van der Waals surface area contributed by atoms with Crippen LogP contribution in [0, 0.1) is 11.8 Å². The number of unbranched alkanes of at least 4 members (excludes halogenated alkanes) is 2. The molecule has 0 radical (unpaired) electrons. The molecule has 0 spiro atoms. The van der Waals surface area contributed by atoms with E-state index >= 15 is 0 Å². The normalized spacial score (nSPS) is 13.7. The van der Waals surface area contributed by atoms with Crippen molar-refractivity contribution in [3.8, 4) is 11.5 Å². The predicted molar refractivity (Wildman–Crippen MR) is 153 cm³/mol. The van der Waals surface area contributed by atoms with Gasteiger partial charge in [-0.25, -0.2) is 0 Å². The summed E-state index contributed by atoms with van der Waals surface area (Å²) in [4.78, 5) is 0. The van der Waals surface area contributed by atoms with Crippen LogP contribution in [0.4, 0.5) is 0 Å². The Balaban J connectivity index is 1.84. The fourth-order valence-electron chi connectivity index (χ4n) is 4.11. The summed E-state index contributed by atoms with van der Waals surface area (Å²) in [6.45, 7) is 12.8. The molecule has 0 amide bonds. The van der Waals surface area contributed by atoms with E-state index in [2.05, 4.69) is 101 Å². The van der Waals surface area contributed by atoms with Crippen molar-refractivity contribution >= 4 is 11.6 Å². The van der Waals surface area contributed by atoms with Crippen molar-refractivity contribution in [2.24, 2.45) is 11.8 Å². The van der Waals surface area contributed by atoms with Crippen LogP contribution in [-0.4, -0.2) is 13.2 Å². The van der Waals surface area contributed by atoms with E-state index in [9.17, 15) is 0 Å². The van der Waals surface area contributed by atoms with Crippen molar-refractivity contribution in [3.05, 3.63) is 71.8 Å². The minimum Gasteiger partial charge on any atom is -0.493 e. The summed E-state index contributed by atoms with van der Waals surface area (Å²) in [7, 11) is 0. The Morgan fingerprint density at radius 2 is 1.20 bits per heavy atom. The Labute approximate surface area is 215 Å². The molecule has 2 aromatic rings. The summed E-state index contributed by atoms with van der Waals surface area (Å²) in [5, 5.41) is 0. The molecule has 192 valence electrons. The topological polar surface area (TPSA) is 18.5 Å². The van der Waals surface area contributed by atoms with Gasteiger partial charge in [-0.3, -0.25) is 0 Å². The van der Waals surface area contributed by atoms with E-state index < -0.39 is 0 Å². The third-order valence-electron chi connectivity index (χ3n) is 6.88. The Morgan fingerprint density at radius 3 is 1.66 bits per heavy atom. The van der Waals surface area contributed by atoms with Crippen LogP contribution in [0.25, 0.3) is 11.6 Å². The first-order valence-electron chi connectivity index (χ1n) is 13.9. The maximum absolute atomic E-state index is 6.05. The summed E-state index contributed by atoms with van der Waals surface area (Å²) < 4.78 is 12.1. The number of allylic oxidation sites excluding steroid dienone is 3. The molecule has 0 aliphatic carbocycles. The molecule has 2 atom stereocenters. The molecule has 0 N–H and O–H groups in total. The molecule has 0 saturated carbocycles. The summed E-state index contributed by atoms with van der Waals surface area (Å²) in [6, 6.07) is 16.9. The lowest BCUT2D eigenvalue weighted by atomic mass is 10.0. The summed E-state index contributed by atoms with van der Waals surface area (Å²) in [6.07, 6.45) is 16.4. The zero-order valence-electron chi connectivity index (χ0n) is 22.9. The van der Waals surface area contributed by atoms with Crippen molar-refractivity contribution in [2.45, 2.75) is 86.0 Å². The van der Waals surface area contributed by atoms with Gasteiger partial charge in [-0.1, -0.05) is 109 Å². The Hall–Kier alpha value is -2.48. The Bertz CT molecular complexity index is 861. The zero-order chi connectivity index (χ0) is 25.3. The number of rotatable bonds is 17. The average molecular weight is 477 g/mol. The molecule has 2 aromatic carbocycles. The van der Waals surface area contributed by atoms with E-state index in [1.807, 2.05) is 0 Å². The van der Waals surface area contributed by atoms with E-state index in [1.54, 1.807) is 0 Å². The lowest BCUT2D eigenvalue weighted by Gasteiger charge is -2.15. The van der Waals surface area contributed by atoms with Crippen LogP contribution < -0.4 is 9.47 Å². The third-order valence-corrected chi connectivity index (χ3v) is 6.88. The van der Waals surface area contributed by atoms with Gasteiger partial charge in [-0.05, 0) is 72.6 Å². The molecule has 0 heterocycles. The van der Waals surface area contributed by atoms with Crippen molar-refractivity contribution < 1.29 is 9.47 Å². The van der Waals surface area contributed by atoms with Crippen LogP contribution in [0.5, 0.6) is 11.5 Å². The van der Waals surface area contributed by atoms with E-state index in [4.69, 9.17) is 9.47 Å². The smallest absolute Gasteiger partial charge is 0.119 e. The molecule has 0 aromatic heterocycles. The van der Waals surface area contributed by atoms with Crippen molar-refractivity contribution in [3.63, 3.8) is 0 Å². The average Bonchev–Trinajstić information content (AvgIpc) is 2.90. The Morgan fingerprint density at radius 1 is 0.714 bits per heavy atom. The second kappa shape index (κ2) is 17.0. The minimum atomic E-state index is 0.654. The molecular weight excluding hydrogens is 428 g/mol. The summed E-state index contributed by atoms with van der Waals surface area (Å²) in [5.41, 5.74) is 3.63. The molecule has 0 saturated heterocycles. The molecule has 0 fully saturated rings. The number of ether oxygens (including phenoxy) is 2. The largest absolute Gasteiger partial charge is 0.493 e. The molecule has 2 heteroatoms. The maximum Gasteiger partial charge on any atom is 0.119 e. The summed E-state index contributed by atoms with van der Waals surface area (Å²) in [5.74, 6) is 3.23. The van der Waals surface area contributed by atoms with Gasteiger partial charge in [0, 0.05) is 0 Å². The minimum absolute atomic E-state index is 0.654. The first kappa shape index (κ1) is 28.8. The predicted octanol–water partition coefficient (Wildman–Crippen LogP) is 9.99. The van der Waals surface area contributed by atoms with Crippen molar-refractivity contribution in [1.29, 1.82) is 0 Å². The first-order chi connectivity index (χ1) is 17.1. The second-order valence-electron chi connectivity index (χ2n) is 9.76. The molecule has 0 bridgehead atoms. The van der Waals surface area contributed by atoms with Crippen molar-refractivity contribution in [1.82, 2.24) is 0 Å². The molecule has 0 aliphatic rings. The third kappa shape index (κ3) is 11.2. The van der Waals surface area contributed by atoms with Crippen LogP contribution in [0.3, 0.4) is 0 Å². The second-order valence-corrected chi connectivity index (χ2v) is 9.76. The van der Waals surface area contributed by atoms with Gasteiger partial charge in [0.15, 0.2) is 0 Å². The first-order valence-corrected chi connectivity index (χ1v) is 13.9. The molecule has 2 unspecified atom stereocenters. The number of benzene rings is 2. The Kier molecular flexibility index (Phi) is 14.0. The van der Waals surface area contributed by atoms with E-state index in [0.717, 1.165) is 24.7 Å². The van der Waals surface area contributed by atoms with Gasteiger partial charge in [-0.15, -0.1) is 0 Å². The van der Waals surface area contributed by atoms with E-state index in [1.165, 1.54) is 68.1 Å².